The molecule has 0 atom stereocenters. The predicted molar refractivity (Wildman–Crippen MR) is 113 cm³/mol. The number of aryl methyl sites for hydroxylation is 1. The normalized spacial score (nSPS) is 11.2. The van der Waals surface area contributed by atoms with Crippen molar-refractivity contribution in [2.24, 2.45) is 0 Å². The van der Waals surface area contributed by atoms with Crippen LogP contribution in [0.3, 0.4) is 0 Å². The lowest BCUT2D eigenvalue weighted by molar-refractivity contribution is 0.102. The Morgan fingerprint density at radius 3 is 2.34 bits per heavy atom. The standard InChI is InChI=1S/C21H18ClFN2O3S/c1-14-7-8-15(21(26)24-19-6-4-3-5-18(19)23)13-20(14)25(2)29(27,28)17-11-9-16(22)10-12-17/h3-13H,1-2H3,(H,24,26). The van der Waals surface area contributed by atoms with E-state index in [9.17, 15) is 17.6 Å². The van der Waals surface area contributed by atoms with E-state index in [1.807, 2.05) is 0 Å². The Morgan fingerprint density at radius 1 is 1.03 bits per heavy atom. The molecule has 3 aromatic rings. The molecule has 8 heteroatoms. The first-order valence-corrected chi connectivity index (χ1v) is 10.4. The highest BCUT2D eigenvalue weighted by molar-refractivity contribution is 7.92. The first kappa shape index (κ1) is 20.8. The summed E-state index contributed by atoms with van der Waals surface area (Å²) in [7, 11) is -2.45. The Hall–Kier alpha value is -2.90. The zero-order valence-electron chi connectivity index (χ0n) is 15.7. The third-order valence-corrected chi connectivity index (χ3v) is 6.44. The van der Waals surface area contributed by atoms with Crippen LogP contribution in [-0.2, 0) is 10.0 Å². The van der Waals surface area contributed by atoms with Gasteiger partial charge in [0.2, 0.25) is 0 Å². The summed E-state index contributed by atoms with van der Waals surface area (Å²) in [6.07, 6.45) is 0. The average Bonchev–Trinajstić information content (AvgIpc) is 2.70. The number of rotatable bonds is 5. The minimum Gasteiger partial charge on any atom is -0.319 e. The van der Waals surface area contributed by atoms with Crippen LogP contribution in [0.5, 0.6) is 0 Å². The Balaban J connectivity index is 1.93. The van der Waals surface area contributed by atoms with Crippen molar-refractivity contribution in [2.75, 3.05) is 16.7 Å². The highest BCUT2D eigenvalue weighted by Gasteiger charge is 2.23. The molecule has 0 aliphatic rings. The number of amides is 1. The number of para-hydroxylation sites is 1. The van der Waals surface area contributed by atoms with Crippen molar-refractivity contribution in [1.29, 1.82) is 0 Å². The summed E-state index contributed by atoms with van der Waals surface area (Å²) >= 11 is 5.84. The summed E-state index contributed by atoms with van der Waals surface area (Å²) in [6.45, 7) is 1.74. The molecule has 0 heterocycles. The number of hydrogen-bond acceptors (Lipinski definition) is 3. The van der Waals surface area contributed by atoms with Crippen LogP contribution in [0.1, 0.15) is 15.9 Å². The third-order valence-electron chi connectivity index (χ3n) is 4.40. The number of carbonyl (C=O) groups excluding carboxylic acids is 1. The molecule has 0 radical (unpaired) electrons. The Labute approximate surface area is 173 Å². The van der Waals surface area contributed by atoms with Crippen LogP contribution in [0.4, 0.5) is 15.8 Å². The number of sulfonamides is 1. The van der Waals surface area contributed by atoms with E-state index in [1.165, 1.54) is 55.6 Å². The second-order valence-electron chi connectivity index (χ2n) is 6.36. The molecule has 3 aromatic carbocycles. The first-order valence-electron chi connectivity index (χ1n) is 8.61. The molecular formula is C21H18ClFN2O3S. The van der Waals surface area contributed by atoms with Gasteiger partial charge in [-0.3, -0.25) is 9.10 Å². The van der Waals surface area contributed by atoms with Gasteiger partial charge in [0.1, 0.15) is 5.82 Å². The molecule has 1 N–H and O–H groups in total. The van der Waals surface area contributed by atoms with Crippen molar-refractivity contribution in [2.45, 2.75) is 11.8 Å². The SMILES string of the molecule is Cc1ccc(C(=O)Nc2ccccc2F)cc1N(C)S(=O)(=O)c1ccc(Cl)cc1. The lowest BCUT2D eigenvalue weighted by atomic mass is 10.1. The van der Waals surface area contributed by atoms with Crippen molar-refractivity contribution in [1.82, 2.24) is 0 Å². The van der Waals surface area contributed by atoms with E-state index in [0.717, 1.165) is 4.31 Å². The molecule has 5 nitrogen and oxygen atoms in total. The van der Waals surface area contributed by atoms with E-state index in [0.29, 0.717) is 16.3 Å². The molecule has 0 fully saturated rings. The van der Waals surface area contributed by atoms with E-state index in [1.54, 1.807) is 25.1 Å². The Kier molecular flexibility index (Phi) is 5.91. The lowest BCUT2D eigenvalue weighted by Crippen LogP contribution is -2.27. The molecule has 0 aromatic heterocycles. The van der Waals surface area contributed by atoms with E-state index < -0.39 is 21.7 Å². The van der Waals surface area contributed by atoms with Crippen LogP contribution in [-0.4, -0.2) is 21.4 Å². The van der Waals surface area contributed by atoms with Gasteiger partial charge in [-0.05, 0) is 61.0 Å². The van der Waals surface area contributed by atoms with Crippen LogP contribution in [0, 0.1) is 12.7 Å². The van der Waals surface area contributed by atoms with E-state index >= 15 is 0 Å². The van der Waals surface area contributed by atoms with Gasteiger partial charge >= 0.3 is 0 Å². The molecule has 0 saturated carbocycles. The van der Waals surface area contributed by atoms with Gasteiger partial charge in [0.15, 0.2) is 0 Å². The molecule has 0 aliphatic carbocycles. The summed E-state index contributed by atoms with van der Waals surface area (Å²) in [5.74, 6) is -1.11. The first-order chi connectivity index (χ1) is 13.7. The summed E-state index contributed by atoms with van der Waals surface area (Å²) in [5, 5.41) is 2.92. The fourth-order valence-electron chi connectivity index (χ4n) is 2.74. The van der Waals surface area contributed by atoms with E-state index in [4.69, 9.17) is 11.6 Å². The monoisotopic (exact) mass is 432 g/mol. The van der Waals surface area contributed by atoms with Crippen molar-refractivity contribution in [3.05, 3.63) is 88.7 Å². The van der Waals surface area contributed by atoms with Gasteiger partial charge in [-0.15, -0.1) is 0 Å². The number of carbonyl (C=O) groups is 1. The smallest absolute Gasteiger partial charge is 0.264 e. The zero-order chi connectivity index (χ0) is 21.2. The highest BCUT2D eigenvalue weighted by atomic mass is 35.5. The average molecular weight is 433 g/mol. The number of nitrogens with zero attached hydrogens (tertiary/aromatic N) is 1. The number of benzene rings is 3. The summed E-state index contributed by atoms with van der Waals surface area (Å²) in [6, 6.07) is 16.3. The number of anilines is 2. The maximum absolute atomic E-state index is 13.8. The van der Waals surface area contributed by atoms with Gasteiger partial charge in [0.25, 0.3) is 15.9 Å². The van der Waals surface area contributed by atoms with Crippen LogP contribution in [0.25, 0.3) is 0 Å². The maximum Gasteiger partial charge on any atom is 0.264 e. The van der Waals surface area contributed by atoms with Gasteiger partial charge < -0.3 is 5.32 Å². The molecular weight excluding hydrogens is 415 g/mol. The molecule has 3 rings (SSSR count). The molecule has 1 amide bonds. The Morgan fingerprint density at radius 2 is 1.69 bits per heavy atom. The minimum absolute atomic E-state index is 0.0433. The van der Waals surface area contributed by atoms with Gasteiger partial charge in [-0.25, -0.2) is 12.8 Å². The van der Waals surface area contributed by atoms with Crippen LogP contribution >= 0.6 is 11.6 Å². The number of nitrogens with one attached hydrogen (secondary N) is 1. The number of hydrogen-bond donors (Lipinski definition) is 1. The summed E-state index contributed by atoms with van der Waals surface area (Å²) in [4.78, 5) is 12.6. The van der Waals surface area contributed by atoms with Crippen LogP contribution in [0.15, 0.2) is 71.6 Å². The second kappa shape index (κ2) is 8.23. The predicted octanol–water partition coefficient (Wildman–Crippen LogP) is 4.86. The molecule has 0 bridgehead atoms. The zero-order valence-corrected chi connectivity index (χ0v) is 17.3. The Bertz CT molecular complexity index is 1160. The molecule has 150 valence electrons. The fraction of sp³-hybridized carbons (Fsp3) is 0.0952. The van der Waals surface area contributed by atoms with Gasteiger partial charge in [-0.1, -0.05) is 29.8 Å². The molecule has 0 saturated heterocycles. The lowest BCUT2D eigenvalue weighted by Gasteiger charge is -2.22. The largest absolute Gasteiger partial charge is 0.319 e. The van der Waals surface area contributed by atoms with Gasteiger partial charge in [0, 0.05) is 17.6 Å². The third kappa shape index (κ3) is 4.41. The molecule has 0 unspecified atom stereocenters. The second-order valence-corrected chi connectivity index (χ2v) is 8.77. The van der Waals surface area contributed by atoms with Crippen LogP contribution in [0.2, 0.25) is 5.02 Å². The fourth-order valence-corrected chi connectivity index (χ4v) is 4.12. The maximum atomic E-state index is 13.8. The molecule has 29 heavy (non-hydrogen) atoms. The number of halogens is 2. The van der Waals surface area contributed by atoms with Gasteiger partial charge in [-0.2, -0.15) is 0 Å². The topological polar surface area (TPSA) is 66.5 Å². The van der Waals surface area contributed by atoms with Crippen molar-refractivity contribution >= 4 is 38.9 Å². The van der Waals surface area contributed by atoms with E-state index in [2.05, 4.69) is 5.32 Å². The highest BCUT2D eigenvalue weighted by Crippen LogP contribution is 2.27. The molecule has 0 aliphatic heterocycles. The quantitative estimate of drug-likeness (QED) is 0.625. The van der Waals surface area contributed by atoms with Crippen molar-refractivity contribution in [3.63, 3.8) is 0 Å². The van der Waals surface area contributed by atoms with E-state index in [-0.39, 0.29) is 16.1 Å². The minimum atomic E-state index is -3.86. The molecule has 0 spiro atoms. The summed E-state index contributed by atoms with van der Waals surface area (Å²) in [5.41, 5.74) is 1.24. The summed E-state index contributed by atoms with van der Waals surface area (Å²) < 4.78 is 40.8. The van der Waals surface area contributed by atoms with Crippen LogP contribution < -0.4 is 9.62 Å². The van der Waals surface area contributed by atoms with Crippen molar-refractivity contribution < 1.29 is 17.6 Å². The van der Waals surface area contributed by atoms with Crippen molar-refractivity contribution in [3.8, 4) is 0 Å². The van der Waals surface area contributed by atoms with Gasteiger partial charge in [0.05, 0.1) is 16.3 Å².